The van der Waals surface area contributed by atoms with Gasteiger partial charge in [-0.1, -0.05) is 11.6 Å². The van der Waals surface area contributed by atoms with E-state index in [1.54, 1.807) is 12.1 Å². The van der Waals surface area contributed by atoms with Crippen molar-refractivity contribution in [2.45, 2.75) is 32.7 Å². The maximum Gasteiger partial charge on any atom is 0.257 e. The summed E-state index contributed by atoms with van der Waals surface area (Å²) in [7, 11) is 0. The number of hydrogen-bond donors (Lipinski definition) is 2. The first-order chi connectivity index (χ1) is 9.13. The zero-order valence-corrected chi connectivity index (χ0v) is 11.6. The minimum atomic E-state index is -0.0596. The molecule has 0 aromatic heterocycles. The molecule has 1 fully saturated rings. The Labute approximate surface area is 114 Å². The molecule has 4 heteroatoms. The van der Waals surface area contributed by atoms with Crippen LogP contribution in [-0.2, 0) is 0 Å². The quantitative estimate of drug-likeness (QED) is 0.875. The minimum absolute atomic E-state index is 0.0596. The summed E-state index contributed by atoms with van der Waals surface area (Å²) in [5.74, 6) is 0.0126. The molecule has 2 rings (SSSR count). The maximum absolute atomic E-state index is 12.6. The van der Waals surface area contributed by atoms with Crippen molar-refractivity contribution in [1.82, 2.24) is 10.2 Å². The van der Waals surface area contributed by atoms with Crippen LogP contribution in [0, 0.1) is 6.92 Å². The second-order valence-electron chi connectivity index (χ2n) is 5.09. The lowest BCUT2D eigenvalue weighted by Crippen LogP contribution is -2.46. The van der Waals surface area contributed by atoms with Crippen LogP contribution in [0.5, 0.6) is 5.75 Å². The van der Waals surface area contributed by atoms with E-state index in [2.05, 4.69) is 5.32 Å². The second-order valence-corrected chi connectivity index (χ2v) is 5.09. The third-order valence-corrected chi connectivity index (χ3v) is 3.73. The Bertz CT molecular complexity index is 453. The number of aryl methyl sites for hydroxylation is 1. The molecule has 104 valence electrons. The zero-order valence-electron chi connectivity index (χ0n) is 11.6. The summed E-state index contributed by atoms with van der Waals surface area (Å²) < 4.78 is 0. The molecule has 1 aromatic carbocycles. The van der Waals surface area contributed by atoms with Crippen LogP contribution in [0.3, 0.4) is 0 Å². The van der Waals surface area contributed by atoms with E-state index in [1.165, 1.54) is 0 Å². The Morgan fingerprint density at radius 2 is 2.11 bits per heavy atom. The summed E-state index contributed by atoms with van der Waals surface area (Å²) in [6, 6.07) is 5.45. The number of phenolic OH excluding ortho intramolecular Hbond substituents is 1. The molecule has 0 aliphatic carbocycles. The first-order valence-corrected chi connectivity index (χ1v) is 6.94. The number of nitrogens with one attached hydrogen (secondary N) is 1. The summed E-state index contributed by atoms with van der Waals surface area (Å²) >= 11 is 0. The Morgan fingerprint density at radius 3 is 2.74 bits per heavy atom. The molecule has 0 bridgehead atoms. The number of phenols is 1. The van der Waals surface area contributed by atoms with Crippen molar-refractivity contribution in [3.8, 4) is 5.75 Å². The van der Waals surface area contributed by atoms with Crippen LogP contribution in [-0.4, -0.2) is 41.6 Å². The molecule has 1 aromatic rings. The van der Waals surface area contributed by atoms with Gasteiger partial charge in [0.2, 0.25) is 0 Å². The molecule has 2 N–H and O–H groups in total. The van der Waals surface area contributed by atoms with Crippen LogP contribution in [0.15, 0.2) is 18.2 Å². The highest BCUT2D eigenvalue weighted by Gasteiger charge is 2.26. The van der Waals surface area contributed by atoms with Crippen molar-refractivity contribution in [3.05, 3.63) is 29.3 Å². The first-order valence-electron chi connectivity index (χ1n) is 6.94. The summed E-state index contributed by atoms with van der Waals surface area (Å²) in [4.78, 5) is 14.5. The Balaban J connectivity index is 2.22. The van der Waals surface area contributed by atoms with Gasteiger partial charge >= 0.3 is 0 Å². The highest BCUT2D eigenvalue weighted by Crippen LogP contribution is 2.22. The van der Waals surface area contributed by atoms with Gasteiger partial charge in [0.1, 0.15) is 5.75 Å². The number of aromatic hydroxyl groups is 1. The molecule has 1 aliphatic heterocycles. The largest absolute Gasteiger partial charge is 0.507 e. The van der Waals surface area contributed by atoms with Crippen molar-refractivity contribution in [3.63, 3.8) is 0 Å². The van der Waals surface area contributed by atoms with E-state index in [9.17, 15) is 9.90 Å². The number of hydrogen-bond acceptors (Lipinski definition) is 3. The van der Waals surface area contributed by atoms with Gasteiger partial charge in [-0.3, -0.25) is 4.79 Å². The summed E-state index contributed by atoms with van der Waals surface area (Å²) in [5.41, 5.74) is 1.41. The SMILES string of the molecule is CCN(C(=O)c1cc(C)ccc1O)C1CCNCC1. The number of carbonyl (C=O) groups excluding carboxylic acids is 1. The normalized spacial score (nSPS) is 16.3. The van der Waals surface area contributed by atoms with Crippen molar-refractivity contribution >= 4 is 5.91 Å². The summed E-state index contributed by atoms with van der Waals surface area (Å²) in [6.45, 7) is 6.50. The number of amides is 1. The molecule has 0 saturated carbocycles. The van der Waals surface area contributed by atoms with Gasteiger partial charge in [0, 0.05) is 12.6 Å². The predicted molar refractivity (Wildman–Crippen MR) is 75.4 cm³/mol. The van der Waals surface area contributed by atoms with Gasteiger partial charge in [0.15, 0.2) is 0 Å². The van der Waals surface area contributed by atoms with E-state index in [0.29, 0.717) is 12.1 Å². The van der Waals surface area contributed by atoms with Gasteiger partial charge in [-0.05, 0) is 51.9 Å². The third-order valence-electron chi connectivity index (χ3n) is 3.73. The molecule has 1 aliphatic rings. The van der Waals surface area contributed by atoms with Crippen molar-refractivity contribution in [2.24, 2.45) is 0 Å². The number of carbonyl (C=O) groups is 1. The van der Waals surface area contributed by atoms with Crippen molar-refractivity contribution in [1.29, 1.82) is 0 Å². The monoisotopic (exact) mass is 262 g/mol. The molecule has 19 heavy (non-hydrogen) atoms. The number of benzene rings is 1. The van der Waals surface area contributed by atoms with Crippen molar-refractivity contribution in [2.75, 3.05) is 19.6 Å². The smallest absolute Gasteiger partial charge is 0.257 e. The molecule has 0 spiro atoms. The second kappa shape index (κ2) is 6.06. The molecular weight excluding hydrogens is 240 g/mol. The molecule has 4 nitrogen and oxygen atoms in total. The van der Waals surface area contributed by atoms with Crippen LogP contribution in [0.2, 0.25) is 0 Å². The Kier molecular flexibility index (Phi) is 4.43. The molecule has 1 amide bonds. The lowest BCUT2D eigenvalue weighted by molar-refractivity contribution is 0.0653. The lowest BCUT2D eigenvalue weighted by Gasteiger charge is -2.34. The fraction of sp³-hybridized carbons (Fsp3) is 0.533. The van der Waals surface area contributed by atoms with E-state index in [0.717, 1.165) is 31.5 Å². The van der Waals surface area contributed by atoms with Gasteiger partial charge in [-0.25, -0.2) is 0 Å². The van der Waals surface area contributed by atoms with Gasteiger partial charge in [-0.15, -0.1) is 0 Å². The van der Waals surface area contributed by atoms with E-state index >= 15 is 0 Å². The third kappa shape index (κ3) is 3.07. The molecule has 0 unspecified atom stereocenters. The van der Waals surface area contributed by atoms with Crippen LogP contribution < -0.4 is 5.32 Å². The molecule has 1 heterocycles. The topological polar surface area (TPSA) is 52.6 Å². The molecular formula is C15H22N2O2. The van der Waals surface area contributed by atoms with E-state index in [-0.39, 0.29) is 17.7 Å². The lowest BCUT2D eigenvalue weighted by atomic mass is 10.0. The predicted octanol–water partition coefficient (Wildman–Crippen LogP) is 1.91. The van der Waals surface area contributed by atoms with Gasteiger partial charge in [-0.2, -0.15) is 0 Å². The average Bonchev–Trinajstić information content (AvgIpc) is 2.43. The van der Waals surface area contributed by atoms with E-state index in [4.69, 9.17) is 0 Å². The highest BCUT2D eigenvalue weighted by molar-refractivity contribution is 5.97. The number of rotatable bonds is 3. The fourth-order valence-corrected chi connectivity index (χ4v) is 2.66. The van der Waals surface area contributed by atoms with Gasteiger partial charge in [0.05, 0.1) is 5.56 Å². The first kappa shape index (κ1) is 13.9. The van der Waals surface area contributed by atoms with Crippen LogP contribution in [0.4, 0.5) is 0 Å². The zero-order chi connectivity index (χ0) is 13.8. The van der Waals surface area contributed by atoms with Crippen LogP contribution in [0.1, 0.15) is 35.7 Å². The van der Waals surface area contributed by atoms with Crippen LogP contribution in [0.25, 0.3) is 0 Å². The molecule has 0 atom stereocenters. The van der Waals surface area contributed by atoms with E-state index in [1.807, 2.05) is 24.8 Å². The summed E-state index contributed by atoms with van der Waals surface area (Å²) in [5, 5.41) is 13.2. The summed E-state index contributed by atoms with van der Waals surface area (Å²) in [6.07, 6.45) is 1.96. The fourth-order valence-electron chi connectivity index (χ4n) is 2.66. The number of nitrogens with zero attached hydrogens (tertiary/aromatic N) is 1. The number of piperidine rings is 1. The molecule has 0 radical (unpaired) electrons. The average molecular weight is 262 g/mol. The Hall–Kier alpha value is -1.55. The highest BCUT2D eigenvalue weighted by atomic mass is 16.3. The van der Waals surface area contributed by atoms with Crippen molar-refractivity contribution < 1.29 is 9.90 Å². The minimum Gasteiger partial charge on any atom is -0.507 e. The Morgan fingerprint density at radius 1 is 1.42 bits per heavy atom. The van der Waals surface area contributed by atoms with Crippen LogP contribution >= 0.6 is 0 Å². The van der Waals surface area contributed by atoms with E-state index < -0.39 is 0 Å². The molecule has 1 saturated heterocycles. The van der Waals surface area contributed by atoms with Gasteiger partial charge in [0.25, 0.3) is 5.91 Å². The standard InChI is InChI=1S/C15H22N2O2/c1-3-17(12-6-8-16-9-7-12)15(19)13-10-11(2)4-5-14(13)18/h4-5,10,12,16,18H,3,6-9H2,1-2H3. The maximum atomic E-state index is 12.6. The van der Waals surface area contributed by atoms with Gasteiger partial charge < -0.3 is 15.3 Å².